The number of aliphatic carboxylic acids is 1. The van der Waals surface area contributed by atoms with Crippen LogP contribution in [0.2, 0.25) is 5.02 Å². The van der Waals surface area contributed by atoms with E-state index in [0.29, 0.717) is 0 Å². The molecule has 0 saturated carbocycles. The van der Waals surface area contributed by atoms with Gasteiger partial charge in [-0.2, -0.15) is 5.26 Å². The first-order valence-electron chi connectivity index (χ1n) is 7.07. The average molecular weight is 376 g/mol. The van der Waals surface area contributed by atoms with E-state index in [9.17, 15) is 13.6 Å². The number of hydrogen-bond donors (Lipinski definition) is 2. The topological polar surface area (TPSA) is 90.4 Å². The lowest BCUT2D eigenvalue weighted by molar-refractivity contribution is -0.132. The molecule has 0 aliphatic heterocycles. The lowest BCUT2D eigenvalue weighted by atomic mass is 10.1. The molecule has 8 heteroatoms. The molecule has 0 radical (unpaired) electrons. The second-order valence-corrected chi connectivity index (χ2v) is 5.58. The van der Waals surface area contributed by atoms with E-state index in [-0.39, 0.29) is 33.1 Å². The first-order chi connectivity index (χ1) is 12.2. The number of carbonyl (C=O) groups is 1. The van der Waals surface area contributed by atoms with Crippen molar-refractivity contribution >= 4 is 29.0 Å². The molecule has 0 heterocycles. The normalized spacial score (nSPS) is 11.0. The van der Waals surface area contributed by atoms with Gasteiger partial charge in [0.25, 0.3) is 0 Å². The van der Waals surface area contributed by atoms with Gasteiger partial charge in [-0.3, -0.25) is 5.01 Å². The third kappa shape index (κ3) is 4.25. The van der Waals surface area contributed by atoms with Crippen LogP contribution in [0, 0.1) is 23.0 Å². The summed E-state index contributed by atoms with van der Waals surface area (Å²) in [6.07, 6.45) is 1.11. The molecule has 0 amide bonds. The van der Waals surface area contributed by atoms with E-state index in [1.165, 1.54) is 18.2 Å². The molecule has 132 valence electrons. The van der Waals surface area contributed by atoms with Gasteiger partial charge in [0.1, 0.15) is 11.6 Å². The van der Waals surface area contributed by atoms with Crippen molar-refractivity contribution in [3.05, 3.63) is 82.4 Å². The van der Waals surface area contributed by atoms with Crippen molar-refractivity contribution in [2.24, 2.45) is 5.84 Å². The molecule has 0 saturated heterocycles. The van der Waals surface area contributed by atoms with Crippen molar-refractivity contribution in [3.8, 4) is 6.07 Å². The minimum absolute atomic E-state index is 0.0115. The van der Waals surface area contributed by atoms with Crippen LogP contribution < -0.4 is 10.9 Å². The van der Waals surface area contributed by atoms with Crippen molar-refractivity contribution in [3.63, 3.8) is 0 Å². The SMILES string of the molecule is C=C(/C=C(/c1cc(F)cc(C#N)c1)N(N)c1ccc(F)c(Cl)c1)C(=O)O. The van der Waals surface area contributed by atoms with Crippen LogP contribution in [0.1, 0.15) is 11.1 Å². The van der Waals surface area contributed by atoms with Crippen molar-refractivity contribution < 1.29 is 18.7 Å². The monoisotopic (exact) mass is 375 g/mol. The lowest BCUT2D eigenvalue weighted by Gasteiger charge is -2.23. The zero-order chi connectivity index (χ0) is 19.4. The zero-order valence-corrected chi connectivity index (χ0v) is 14.0. The van der Waals surface area contributed by atoms with Crippen LogP contribution in [-0.4, -0.2) is 11.1 Å². The Morgan fingerprint density at radius 1 is 1.31 bits per heavy atom. The number of nitrogens with zero attached hydrogens (tertiary/aromatic N) is 2. The molecule has 0 aliphatic rings. The summed E-state index contributed by atoms with van der Waals surface area (Å²) in [5, 5.41) is 18.9. The standard InChI is InChI=1S/C18H12ClF2N3O2/c1-10(18(25)26)4-17(12-5-11(9-22)6-13(20)7-12)24(23)14-2-3-16(21)15(19)8-14/h2-8H,1,23H2,(H,25,26)/b17-4-. The second-order valence-electron chi connectivity index (χ2n) is 5.17. The largest absolute Gasteiger partial charge is 0.478 e. The predicted molar refractivity (Wildman–Crippen MR) is 93.9 cm³/mol. The predicted octanol–water partition coefficient (Wildman–Crippen LogP) is 3.85. The Morgan fingerprint density at radius 2 is 2.00 bits per heavy atom. The third-order valence-corrected chi connectivity index (χ3v) is 3.64. The molecular formula is C18H12ClF2N3O2. The molecule has 26 heavy (non-hydrogen) atoms. The fraction of sp³-hybridized carbons (Fsp3) is 0. The molecule has 2 aromatic carbocycles. The Bertz CT molecular complexity index is 967. The minimum atomic E-state index is -1.31. The minimum Gasteiger partial charge on any atom is -0.478 e. The summed E-state index contributed by atoms with van der Waals surface area (Å²) in [5.74, 6) is 3.33. The first-order valence-corrected chi connectivity index (χ1v) is 7.45. The molecule has 0 bridgehead atoms. The van der Waals surface area contributed by atoms with Gasteiger partial charge in [-0.15, -0.1) is 0 Å². The maximum absolute atomic E-state index is 13.8. The number of halogens is 3. The molecule has 0 fully saturated rings. The van der Waals surface area contributed by atoms with Crippen molar-refractivity contribution in [2.45, 2.75) is 0 Å². The van der Waals surface area contributed by atoms with Gasteiger partial charge in [-0.05, 0) is 42.5 Å². The molecule has 0 aliphatic carbocycles. The highest BCUT2D eigenvalue weighted by atomic mass is 35.5. The number of hydrazine groups is 1. The summed E-state index contributed by atoms with van der Waals surface area (Å²) in [7, 11) is 0. The highest BCUT2D eigenvalue weighted by Gasteiger charge is 2.16. The van der Waals surface area contributed by atoms with Crippen LogP contribution in [0.15, 0.2) is 54.6 Å². The number of nitriles is 1. The number of carboxylic acids is 1. The molecule has 0 unspecified atom stereocenters. The summed E-state index contributed by atoms with van der Waals surface area (Å²) in [5.41, 5.74) is 0.0513. The molecule has 0 atom stereocenters. The van der Waals surface area contributed by atoms with E-state index in [2.05, 4.69) is 6.58 Å². The third-order valence-electron chi connectivity index (χ3n) is 3.35. The van der Waals surface area contributed by atoms with Crippen LogP contribution in [0.3, 0.4) is 0 Å². The van der Waals surface area contributed by atoms with Crippen molar-refractivity contribution in [1.82, 2.24) is 0 Å². The summed E-state index contributed by atoms with van der Waals surface area (Å²) < 4.78 is 27.2. The zero-order valence-electron chi connectivity index (χ0n) is 13.2. The van der Waals surface area contributed by atoms with Crippen LogP contribution in [-0.2, 0) is 4.79 Å². The second kappa shape index (κ2) is 7.78. The summed E-state index contributed by atoms with van der Waals surface area (Å²) in [6, 6.07) is 8.83. The number of hydrogen-bond acceptors (Lipinski definition) is 4. The first kappa shape index (κ1) is 19.1. The van der Waals surface area contributed by atoms with E-state index in [1.54, 1.807) is 6.07 Å². The van der Waals surface area contributed by atoms with Gasteiger partial charge in [0, 0.05) is 5.56 Å². The quantitative estimate of drug-likeness (QED) is 0.358. The highest BCUT2D eigenvalue weighted by Crippen LogP contribution is 2.28. The maximum Gasteiger partial charge on any atom is 0.335 e. The molecule has 3 N–H and O–H groups in total. The number of rotatable bonds is 5. The lowest BCUT2D eigenvalue weighted by Crippen LogP contribution is -2.29. The molecule has 0 spiro atoms. The van der Waals surface area contributed by atoms with Crippen molar-refractivity contribution in [2.75, 3.05) is 5.01 Å². The number of anilines is 1. The van der Waals surface area contributed by atoms with Gasteiger partial charge >= 0.3 is 5.97 Å². The van der Waals surface area contributed by atoms with Gasteiger partial charge in [0.2, 0.25) is 0 Å². The van der Waals surface area contributed by atoms with Crippen LogP contribution in [0.4, 0.5) is 14.5 Å². The van der Waals surface area contributed by atoms with Crippen molar-refractivity contribution in [1.29, 1.82) is 5.26 Å². The summed E-state index contributed by atoms with van der Waals surface area (Å²) in [6.45, 7) is 3.39. The smallest absolute Gasteiger partial charge is 0.335 e. The van der Waals surface area contributed by atoms with Crippen LogP contribution in [0.5, 0.6) is 0 Å². The fourth-order valence-electron chi connectivity index (χ4n) is 2.09. The van der Waals surface area contributed by atoms with E-state index in [1.807, 2.05) is 0 Å². The van der Waals surface area contributed by atoms with Crippen LogP contribution in [0.25, 0.3) is 5.70 Å². The average Bonchev–Trinajstić information content (AvgIpc) is 2.60. The van der Waals surface area contributed by atoms with Gasteiger partial charge in [0.05, 0.1) is 33.6 Å². The Labute approximate surface area is 152 Å². The fourth-order valence-corrected chi connectivity index (χ4v) is 2.27. The number of nitrogens with two attached hydrogens (primary N) is 1. The Hall–Kier alpha value is -3.21. The number of carboxylic acid groups (broad SMARTS) is 1. The molecule has 2 rings (SSSR count). The van der Waals surface area contributed by atoms with Gasteiger partial charge in [-0.1, -0.05) is 18.2 Å². The van der Waals surface area contributed by atoms with Crippen LogP contribution >= 0.6 is 11.6 Å². The molecule has 2 aromatic rings. The van der Waals surface area contributed by atoms with E-state index < -0.39 is 17.6 Å². The van der Waals surface area contributed by atoms with Gasteiger partial charge in [-0.25, -0.2) is 19.4 Å². The maximum atomic E-state index is 13.8. The Balaban J connectivity index is 2.63. The summed E-state index contributed by atoms with van der Waals surface area (Å²) >= 11 is 5.75. The Kier molecular flexibility index (Phi) is 5.72. The molecule has 0 aromatic heterocycles. The molecular weight excluding hydrogens is 364 g/mol. The summed E-state index contributed by atoms with van der Waals surface area (Å²) in [4.78, 5) is 11.1. The van der Waals surface area contributed by atoms with E-state index >= 15 is 0 Å². The Morgan fingerprint density at radius 3 is 2.58 bits per heavy atom. The van der Waals surface area contributed by atoms with E-state index in [0.717, 1.165) is 29.3 Å². The number of benzene rings is 2. The van der Waals surface area contributed by atoms with Gasteiger partial charge in [0.15, 0.2) is 0 Å². The molecule has 5 nitrogen and oxygen atoms in total. The van der Waals surface area contributed by atoms with E-state index in [4.69, 9.17) is 27.8 Å². The highest BCUT2D eigenvalue weighted by molar-refractivity contribution is 6.31. The van der Waals surface area contributed by atoms with Gasteiger partial charge < -0.3 is 5.11 Å².